The number of amides is 1. The van der Waals surface area contributed by atoms with E-state index in [4.69, 9.17) is 4.74 Å². The molecule has 1 atom stereocenters. The number of aromatic nitrogens is 2. The Kier molecular flexibility index (Phi) is 5.04. The third kappa shape index (κ3) is 4.37. The lowest BCUT2D eigenvalue weighted by Gasteiger charge is -2.27. The maximum Gasteiger partial charge on any atom is 0.234 e. The molecule has 1 unspecified atom stereocenters. The van der Waals surface area contributed by atoms with Crippen molar-refractivity contribution >= 4 is 11.7 Å². The molecule has 3 rings (SSSR count). The van der Waals surface area contributed by atoms with Crippen LogP contribution in [-0.4, -0.2) is 84.0 Å². The Hall–Kier alpha value is -1.77. The van der Waals surface area contributed by atoms with Crippen molar-refractivity contribution in [1.29, 1.82) is 0 Å². The highest BCUT2D eigenvalue weighted by molar-refractivity contribution is 5.78. The highest BCUT2D eigenvalue weighted by atomic mass is 16.5. The molecule has 2 aliphatic rings. The van der Waals surface area contributed by atoms with E-state index in [1.807, 2.05) is 4.90 Å². The first-order valence-electron chi connectivity index (χ1n) is 7.95. The molecule has 0 bridgehead atoms. The number of ether oxygens (including phenoxy) is 1. The topological polar surface area (TPSA) is 90.8 Å². The van der Waals surface area contributed by atoms with Gasteiger partial charge in [-0.1, -0.05) is 0 Å². The van der Waals surface area contributed by atoms with Gasteiger partial charge in [-0.3, -0.25) is 14.7 Å². The number of nitrogens with one attached hydrogen (secondary N) is 1. The molecule has 0 saturated carbocycles. The number of β-amino-alcohol motifs (C(OH)–C–C–N with tert-alkyl or cyclic N) is 1. The van der Waals surface area contributed by atoms with Gasteiger partial charge < -0.3 is 20.1 Å². The highest BCUT2D eigenvalue weighted by Crippen LogP contribution is 2.24. The van der Waals surface area contributed by atoms with Gasteiger partial charge in [-0.15, -0.1) is 0 Å². The zero-order valence-corrected chi connectivity index (χ0v) is 13.1. The summed E-state index contributed by atoms with van der Waals surface area (Å²) in [5, 5.41) is 13.5. The van der Waals surface area contributed by atoms with Crippen LogP contribution in [0, 0.1) is 0 Å². The molecule has 3 heterocycles. The van der Waals surface area contributed by atoms with E-state index in [0.29, 0.717) is 39.3 Å². The molecule has 2 N–H and O–H groups in total. The summed E-state index contributed by atoms with van der Waals surface area (Å²) in [5.74, 6) is 0.696. The smallest absolute Gasteiger partial charge is 0.234 e. The molecule has 0 radical (unpaired) electrons. The molecular weight excluding hydrogens is 298 g/mol. The molecule has 2 aliphatic heterocycles. The van der Waals surface area contributed by atoms with Crippen LogP contribution in [0.25, 0.3) is 0 Å². The number of carbonyl (C=O) groups is 1. The van der Waals surface area contributed by atoms with Crippen molar-refractivity contribution < 1.29 is 14.6 Å². The largest absolute Gasteiger partial charge is 0.386 e. The van der Waals surface area contributed by atoms with Crippen molar-refractivity contribution in [3.8, 4) is 0 Å². The minimum Gasteiger partial charge on any atom is -0.386 e. The lowest BCUT2D eigenvalue weighted by Crippen LogP contribution is -2.49. The highest BCUT2D eigenvalue weighted by Gasteiger charge is 2.37. The normalized spacial score (nSPS) is 25.5. The van der Waals surface area contributed by atoms with Gasteiger partial charge in [0, 0.05) is 45.1 Å². The van der Waals surface area contributed by atoms with Crippen LogP contribution >= 0.6 is 0 Å². The molecule has 0 aliphatic carbocycles. The third-order valence-corrected chi connectivity index (χ3v) is 4.29. The molecule has 1 amide bonds. The second kappa shape index (κ2) is 7.20. The quantitative estimate of drug-likeness (QED) is 0.709. The van der Waals surface area contributed by atoms with E-state index < -0.39 is 5.60 Å². The van der Waals surface area contributed by atoms with Crippen molar-refractivity contribution in [2.75, 3.05) is 57.4 Å². The number of hydrogen-bond donors (Lipinski definition) is 2. The molecule has 126 valence electrons. The monoisotopic (exact) mass is 321 g/mol. The van der Waals surface area contributed by atoms with Gasteiger partial charge in [-0.05, 0) is 6.42 Å². The number of anilines is 1. The molecular formula is C15H23N5O3. The van der Waals surface area contributed by atoms with E-state index in [-0.39, 0.29) is 12.5 Å². The average Bonchev–Trinajstić information content (AvgIpc) is 2.98. The van der Waals surface area contributed by atoms with Crippen LogP contribution in [-0.2, 0) is 9.53 Å². The summed E-state index contributed by atoms with van der Waals surface area (Å²) >= 11 is 0. The van der Waals surface area contributed by atoms with E-state index in [1.165, 1.54) is 0 Å². The molecule has 2 fully saturated rings. The summed E-state index contributed by atoms with van der Waals surface area (Å²) in [6.45, 7) is 4.66. The second-order valence-electron chi connectivity index (χ2n) is 6.12. The van der Waals surface area contributed by atoms with Crippen LogP contribution in [0.15, 0.2) is 18.6 Å². The fourth-order valence-electron chi connectivity index (χ4n) is 2.93. The predicted molar refractivity (Wildman–Crippen MR) is 84.1 cm³/mol. The maximum absolute atomic E-state index is 12.0. The van der Waals surface area contributed by atoms with Crippen molar-refractivity contribution in [1.82, 2.24) is 20.2 Å². The number of hydrogen-bond acceptors (Lipinski definition) is 7. The Bertz CT molecular complexity index is 523. The predicted octanol–water partition coefficient (Wildman–Crippen LogP) is -1.13. The molecule has 1 aromatic rings. The molecule has 2 saturated heterocycles. The fourth-order valence-corrected chi connectivity index (χ4v) is 2.93. The lowest BCUT2D eigenvalue weighted by molar-refractivity contribution is -0.124. The Morgan fingerprint density at radius 1 is 1.35 bits per heavy atom. The number of carbonyl (C=O) groups excluding carboxylic acids is 1. The zero-order chi connectivity index (χ0) is 16.1. The van der Waals surface area contributed by atoms with E-state index in [2.05, 4.69) is 20.2 Å². The summed E-state index contributed by atoms with van der Waals surface area (Å²) in [7, 11) is 0. The summed E-state index contributed by atoms with van der Waals surface area (Å²) in [5.41, 5.74) is -0.918. The standard InChI is InChI=1S/C15H23N5O3/c21-14(10-19-5-7-23-8-6-19)18-11-15(22)1-4-20(12-15)13-9-16-2-3-17-13/h2-3,9,22H,1,4-8,10-12H2,(H,18,21). The number of rotatable bonds is 5. The summed E-state index contributed by atoms with van der Waals surface area (Å²) in [4.78, 5) is 24.4. The van der Waals surface area contributed by atoms with Crippen molar-refractivity contribution in [2.45, 2.75) is 12.0 Å². The van der Waals surface area contributed by atoms with Gasteiger partial charge >= 0.3 is 0 Å². The van der Waals surface area contributed by atoms with E-state index in [1.54, 1.807) is 18.6 Å². The van der Waals surface area contributed by atoms with Gasteiger partial charge in [0.1, 0.15) is 11.4 Å². The van der Waals surface area contributed by atoms with Crippen molar-refractivity contribution in [2.24, 2.45) is 0 Å². The van der Waals surface area contributed by atoms with Gasteiger partial charge in [-0.2, -0.15) is 0 Å². The van der Waals surface area contributed by atoms with E-state index in [9.17, 15) is 9.90 Å². The third-order valence-electron chi connectivity index (χ3n) is 4.29. The van der Waals surface area contributed by atoms with Gasteiger partial charge in [0.2, 0.25) is 5.91 Å². The first kappa shape index (κ1) is 16.1. The minimum absolute atomic E-state index is 0.0572. The summed E-state index contributed by atoms with van der Waals surface area (Å²) in [6.07, 6.45) is 5.54. The van der Waals surface area contributed by atoms with Crippen LogP contribution < -0.4 is 10.2 Å². The van der Waals surface area contributed by atoms with Gasteiger partial charge in [0.15, 0.2) is 0 Å². The molecule has 1 aromatic heterocycles. The minimum atomic E-state index is -0.918. The SMILES string of the molecule is O=C(CN1CCOCC1)NCC1(O)CCN(c2cnccn2)C1. The van der Waals surface area contributed by atoms with Crippen LogP contribution in [0.5, 0.6) is 0 Å². The maximum atomic E-state index is 12.0. The fraction of sp³-hybridized carbons (Fsp3) is 0.667. The van der Waals surface area contributed by atoms with Crippen LogP contribution in [0.2, 0.25) is 0 Å². The summed E-state index contributed by atoms with van der Waals surface area (Å²) in [6, 6.07) is 0. The zero-order valence-electron chi connectivity index (χ0n) is 13.1. The number of nitrogens with zero attached hydrogens (tertiary/aromatic N) is 4. The Labute approximate surface area is 135 Å². The first-order chi connectivity index (χ1) is 11.1. The second-order valence-corrected chi connectivity index (χ2v) is 6.12. The first-order valence-corrected chi connectivity index (χ1v) is 7.95. The molecule has 23 heavy (non-hydrogen) atoms. The average molecular weight is 321 g/mol. The molecule has 0 aromatic carbocycles. The molecule has 8 heteroatoms. The van der Waals surface area contributed by atoms with Crippen LogP contribution in [0.3, 0.4) is 0 Å². The number of morpholine rings is 1. The Morgan fingerprint density at radius 2 is 2.17 bits per heavy atom. The van der Waals surface area contributed by atoms with Crippen LogP contribution in [0.4, 0.5) is 5.82 Å². The van der Waals surface area contributed by atoms with Gasteiger partial charge in [0.25, 0.3) is 0 Å². The van der Waals surface area contributed by atoms with Crippen LogP contribution in [0.1, 0.15) is 6.42 Å². The Balaban J connectivity index is 1.45. The summed E-state index contributed by atoms with van der Waals surface area (Å²) < 4.78 is 5.26. The van der Waals surface area contributed by atoms with E-state index >= 15 is 0 Å². The Morgan fingerprint density at radius 3 is 2.91 bits per heavy atom. The molecule has 8 nitrogen and oxygen atoms in total. The van der Waals surface area contributed by atoms with Crippen molar-refractivity contribution in [3.63, 3.8) is 0 Å². The molecule has 0 spiro atoms. The van der Waals surface area contributed by atoms with Gasteiger partial charge in [0.05, 0.1) is 26.0 Å². The van der Waals surface area contributed by atoms with Gasteiger partial charge in [-0.25, -0.2) is 4.98 Å². The van der Waals surface area contributed by atoms with Crippen molar-refractivity contribution in [3.05, 3.63) is 18.6 Å². The lowest BCUT2D eigenvalue weighted by atomic mass is 10.0. The van der Waals surface area contributed by atoms with E-state index in [0.717, 1.165) is 18.9 Å². The number of aliphatic hydroxyl groups is 1.